The summed E-state index contributed by atoms with van der Waals surface area (Å²) in [5.74, 6) is -0.509. The largest absolute Gasteiger partial charge is 0.373 e. The molecule has 2 heterocycles. The topological polar surface area (TPSA) is 121 Å². The third kappa shape index (κ3) is 5.78. The van der Waals surface area contributed by atoms with Crippen molar-refractivity contribution in [1.29, 1.82) is 0 Å². The first-order chi connectivity index (χ1) is 17.4. The second kappa shape index (κ2) is 10.6. The zero-order chi connectivity index (χ0) is 27.0. The highest BCUT2D eigenvalue weighted by Gasteiger charge is 2.34. The zero-order valence-corrected chi connectivity index (χ0v) is 22.7. The van der Waals surface area contributed by atoms with Crippen LogP contribution in [-0.4, -0.2) is 93.5 Å². The van der Waals surface area contributed by atoms with E-state index in [1.54, 1.807) is 12.1 Å². The summed E-state index contributed by atoms with van der Waals surface area (Å²) < 4.78 is 60.8. The molecule has 0 spiro atoms. The van der Waals surface area contributed by atoms with Crippen molar-refractivity contribution in [2.24, 2.45) is 0 Å². The summed E-state index contributed by atoms with van der Waals surface area (Å²) in [6.07, 6.45) is -0.467. The number of carbonyl (C=O) groups is 2. The molecular formula is C25H31N3O7S2. The van der Waals surface area contributed by atoms with Crippen molar-refractivity contribution in [2.75, 3.05) is 39.3 Å². The molecule has 2 fully saturated rings. The molecule has 0 N–H and O–H groups in total. The van der Waals surface area contributed by atoms with Crippen molar-refractivity contribution in [1.82, 2.24) is 13.5 Å². The minimum absolute atomic E-state index is 0.0369. The predicted octanol–water partition coefficient (Wildman–Crippen LogP) is 1.83. The number of sulfonamides is 2. The van der Waals surface area contributed by atoms with Crippen LogP contribution < -0.4 is 0 Å². The van der Waals surface area contributed by atoms with Gasteiger partial charge in [0.1, 0.15) is 0 Å². The first kappa shape index (κ1) is 27.4. The monoisotopic (exact) mass is 549 g/mol. The van der Waals surface area contributed by atoms with Gasteiger partial charge in [-0.3, -0.25) is 9.59 Å². The minimum atomic E-state index is -3.81. The molecule has 0 bridgehead atoms. The number of benzene rings is 2. The van der Waals surface area contributed by atoms with Crippen LogP contribution in [0, 0.1) is 0 Å². The predicted molar refractivity (Wildman–Crippen MR) is 136 cm³/mol. The molecule has 2 atom stereocenters. The molecule has 0 aliphatic carbocycles. The van der Waals surface area contributed by atoms with Gasteiger partial charge >= 0.3 is 0 Å². The lowest BCUT2D eigenvalue weighted by Crippen LogP contribution is -2.50. The summed E-state index contributed by atoms with van der Waals surface area (Å²) in [5, 5.41) is 0. The molecule has 4 rings (SSSR count). The van der Waals surface area contributed by atoms with E-state index < -0.39 is 20.0 Å². The number of morpholine rings is 1. The van der Waals surface area contributed by atoms with Gasteiger partial charge in [0.05, 0.1) is 22.0 Å². The molecule has 10 nitrogen and oxygen atoms in total. The Bertz CT molecular complexity index is 1370. The molecule has 2 aromatic carbocycles. The number of piperazine rings is 1. The summed E-state index contributed by atoms with van der Waals surface area (Å²) in [5.41, 5.74) is 0.655. The number of Topliss-reactive ketones (excluding diaryl/α,β-unsaturated/α-hetero) is 1. The molecule has 0 aromatic heterocycles. The molecule has 2 aromatic rings. The van der Waals surface area contributed by atoms with E-state index in [1.165, 1.54) is 56.8 Å². The van der Waals surface area contributed by atoms with Crippen LogP contribution in [0.3, 0.4) is 0 Å². The van der Waals surface area contributed by atoms with Gasteiger partial charge in [0.25, 0.3) is 5.91 Å². The summed E-state index contributed by atoms with van der Waals surface area (Å²) >= 11 is 0. The number of ether oxygens (including phenoxy) is 1. The van der Waals surface area contributed by atoms with E-state index in [1.807, 2.05) is 13.8 Å². The number of hydrogen-bond donors (Lipinski definition) is 0. The van der Waals surface area contributed by atoms with Gasteiger partial charge in [-0.1, -0.05) is 18.2 Å². The molecule has 2 saturated heterocycles. The molecular weight excluding hydrogens is 518 g/mol. The third-order valence-electron chi connectivity index (χ3n) is 6.53. The van der Waals surface area contributed by atoms with Crippen molar-refractivity contribution >= 4 is 31.7 Å². The van der Waals surface area contributed by atoms with Gasteiger partial charge in [-0.05, 0) is 51.1 Å². The van der Waals surface area contributed by atoms with Crippen LogP contribution in [0.25, 0.3) is 0 Å². The van der Waals surface area contributed by atoms with E-state index >= 15 is 0 Å². The second-order valence-electron chi connectivity index (χ2n) is 9.38. The summed E-state index contributed by atoms with van der Waals surface area (Å²) in [7, 11) is -7.58. The Labute approximate surface area is 217 Å². The molecule has 37 heavy (non-hydrogen) atoms. The van der Waals surface area contributed by atoms with E-state index in [9.17, 15) is 26.4 Å². The summed E-state index contributed by atoms with van der Waals surface area (Å²) in [6, 6.07) is 11.7. The first-order valence-electron chi connectivity index (χ1n) is 12.1. The van der Waals surface area contributed by atoms with Gasteiger partial charge in [-0.2, -0.15) is 8.61 Å². The third-order valence-corrected chi connectivity index (χ3v) is 10.3. The van der Waals surface area contributed by atoms with Crippen LogP contribution >= 0.6 is 0 Å². The zero-order valence-electron chi connectivity index (χ0n) is 21.0. The number of nitrogens with zero attached hydrogens (tertiary/aromatic N) is 3. The highest BCUT2D eigenvalue weighted by atomic mass is 32.2. The molecule has 2 aliphatic rings. The standard InChI is InChI=1S/C25H31N3O7S2/c1-18-16-28(17-19(2)35-18)37(33,34)24-6-4-5-22(15-24)25(30)26-11-13-27(14-12-26)36(31,32)23-9-7-21(8-10-23)20(3)29/h4-10,15,18-19H,11-14,16-17H2,1-3H3/t18-,19+. The molecule has 12 heteroatoms. The maximum atomic E-state index is 13.2. The SMILES string of the molecule is CC(=O)c1ccc(S(=O)(=O)N2CCN(C(=O)c3cccc(S(=O)(=O)N4C[C@@H](C)O[C@@H](C)C4)c3)CC2)cc1. The van der Waals surface area contributed by atoms with E-state index in [-0.39, 0.29) is 78.5 Å². The van der Waals surface area contributed by atoms with E-state index in [0.717, 1.165) is 0 Å². The first-order valence-corrected chi connectivity index (χ1v) is 14.9. The van der Waals surface area contributed by atoms with Crippen LogP contribution in [0.1, 0.15) is 41.5 Å². The highest BCUT2D eigenvalue weighted by Crippen LogP contribution is 2.23. The number of ketones is 1. The Hall–Kier alpha value is -2.64. The van der Waals surface area contributed by atoms with Gasteiger partial charge in [-0.15, -0.1) is 0 Å². The van der Waals surface area contributed by atoms with Crippen molar-refractivity contribution in [3.63, 3.8) is 0 Å². The Morgan fingerprint density at radius 2 is 1.32 bits per heavy atom. The Morgan fingerprint density at radius 1 is 0.757 bits per heavy atom. The normalized spacial score (nSPS) is 22.1. The number of hydrogen-bond acceptors (Lipinski definition) is 7. The molecule has 2 aliphatic heterocycles. The fourth-order valence-electron chi connectivity index (χ4n) is 4.59. The molecule has 0 unspecified atom stereocenters. The Morgan fingerprint density at radius 3 is 1.89 bits per heavy atom. The average Bonchev–Trinajstić information content (AvgIpc) is 2.88. The molecule has 0 radical (unpaired) electrons. The second-order valence-corrected chi connectivity index (χ2v) is 13.3. The van der Waals surface area contributed by atoms with E-state index in [0.29, 0.717) is 5.56 Å². The highest BCUT2D eigenvalue weighted by molar-refractivity contribution is 7.89. The lowest BCUT2D eigenvalue weighted by atomic mass is 10.2. The Kier molecular flexibility index (Phi) is 7.86. The van der Waals surface area contributed by atoms with Crippen molar-refractivity contribution in [2.45, 2.75) is 42.8 Å². The summed E-state index contributed by atoms with van der Waals surface area (Å²) in [4.78, 5) is 26.3. The number of rotatable bonds is 6. The van der Waals surface area contributed by atoms with Crippen LogP contribution in [0.5, 0.6) is 0 Å². The van der Waals surface area contributed by atoms with Crippen LogP contribution in [0.15, 0.2) is 58.3 Å². The van der Waals surface area contributed by atoms with Gasteiger partial charge in [0, 0.05) is 50.4 Å². The van der Waals surface area contributed by atoms with Crippen LogP contribution in [-0.2, 0) is 24.8 Å². The maximum absolute atomic E-state index is 13.2. The molecule has 1 amide bonds. The maximum Gasteiger partial charge on any atom is 0.253 e. The van der Waals surface area contributed by atoms with Crippen LogP contribution in [0.2, 0.25) is 0 Å². The van der Waals surface area contributed by atoms with Gasteiger partial charge in [-0.25, -0.2) is 16.8 Å². The lowest BCUT2D eigenvalue weighted by Gasteiger charge is -2.35. The average molecular weight is 550 g/mol. The number of amides is 1. The fourth-order valence-corrected chi connectivity index (χ4v) is 7.65. The fraction of sp³-hybridized carbons (Fsp3) is 0.440. The van der Waals surface area contributed by atoms with Gasteiger partial charge in [0.2, 0.25) is 20.0 Å². The molecule has 0 saturated carbocycles. The quantitative estimate of drug-likeness (QED) is 0.504. The van der Waals surface area contributed by atoms with Crippen molar-refractivity contribution in [3.05, 3.63) is 59.7 Å². The van der Waals surface area contributed by atoms with E-state index in [4.69, 9.17) is 4.74 Å². The lowest BCUT2D eigenvalue weighted by molar-refractivity contribution is -0.0440. The molecule has 200 valence electrons. The number of carbonyl (C=O) groups excluding carboxylic acids is 2. The van der Waals surface area contributed by atoms with Crippen LogP contribution in [0.4, 0.5) is 0 Å². The van der Waals surface area contributed by atoms with Crippen molar-refractivity contribution in [3.8, 4) is 0 Å². The van der Waals surface area contributed by atoms with Gasteiger partial charge in [0.15, 0.2) is 5.78 Å². The van der Waals surface area contributed by atoms with Gasteiger partial charge < -0.3 is 9.64 Å². The smallest absolute Gasteiger partial charge is 0.253 e. The van der Waals surface area contributed by atoms with Crippen molar-refractivity contribution < 1.29 is 31.2 Å². The Balaban J connectivity index is 1.44. The summed E-state index contributed by atoms with van der Waals surface area (Å²) in [6.45, 7) is 6.05. The minimum Gasteiger partial charge on any atom is -0.373 e. The van der Waals surface area contributed by atoms with E-state index in [2.05, 4.69) is 0 Å².